The number of carbonyl (C=O) groups is 1. The molecule has 0 unspecified atom stereocenters. The molecule has 0 atom stereocenters. The van der Waals surface area contributed by atoms with Crippen molar-refractivity contribution in [2.24, 2.45) is 0 Å². The number of hydrogen-bond acceptors (Lipinski definition) is 3. The van der Waals surface area contributed by atoms with Gasteiger partial charge in [0, 0.05) is 30.5 Å². The first-order valence-electron chi connectivity index (χ1n) is 6.41. The van der Waals surface area contributed by atoms with E-state index in [4.69, 9.17) is 11.6 Å². The van der Waals surface area contributed by atoms with Crippen molar-refractivity contribution in [3.8, 4) is 0 Å². The van der Waals surface area contributed by atoms with Gasteiger partial charge in [-0.3, -0.25) is 4.79 Å². The standard InChI is InChI=1S/C15H16ClN3O/c1-2-17-15(20)12-5-3-4-11(8-12)10-19-13-6-7-18-14(16)9-13/h3-9H,2,10H2,1H3,(H,17,20)(H,18,19). The molecule has 1 aromatic heterocycles. The minimum Gasteiger partial charge on any atom is -0.381 e. The summed E-state index contributed by atoms with van der Waals surface area (Å²) in [7, 11) is 0. The normalized spacial score (nSPS) is 10.1. The van der Waals surface area contributed by atoms with Crippen molar-refractivity contribution in [1.82, 2.24) is 10.3 Å². The van der Waals surface area contributed by atoms with E-state index >= 15 is 0 Å². The number of carbonyl (C=O) groups excluding carboxylic acids is 1. The second-order valence-electron chi connectivity index (χ2n) is 4.28. The lowest BCUT2D eigenvalue weighted by Crippen LogP contribution is -2.22. The monoisotopic (exact) mass is 289 g/mol. The number of rotatable bonds is 5. The zero-order valence-corrected chi connectivity index (χ0v) is 11.9. The van der Waals surface area contributed by atoms with Crippen LogP contribution in [0, 0.1) is 0 Å². The fraction of sp³-hybridized carbons (Fsp3) is 0.200. The minimum absolute atomic E-state index is 0.0543. The highest BCUT2D eigenvalue weighted by molar-refractivity contribution is 6.29. The van der Waals surface area contributed by atoms with E-state index in [9.17, 15) is 4.79 Å². The smallest absolute Gasteiger partial charge is 0.251 e. The Labute approximate surface area is 123 Å². The number of hydrogen-bond donors (Lipinski definition) is 2. The van der Waals surface area contributed by atoms with Crippen LogP contribution in [0.25, 0.3) is 0 Å². The van der Waals surface area contributed by atoms with Crippen molar-refractivity contribution < 1.29 is 4.79 Å². The first-order chi connectivity index (χ1) is 9.69. The van der Waals surface area contributed by atoms with Crippen LogP contribution in [0.5, 0.6) is 0 Å². The first kappa shape index (κ1) is 14.3. The molecule has 20 heavy (non-hydrogen) atoms. The van der Waals surface area contributed by atoms with Crippen molar-refractivity contribution in [3.63, 3.8) is 0 Å². The van der Waals surface area contributed by atoms with Crippen LogP contribution in [0.4, 0.5) is 5.69 Å². The van der Waals surface area contributed by atoms with Crippen LogP contribution in [-0.2, 0) is 6.54 Å². The predicted octanol–water partition coefficient (Wildman–Crippen LogP) is 3.10. The SMILES string of the molecule is CCNC(=O)c1cccc(CNc2ccnc(Cl)c2)c1. The molecule has 1 aromatic carbocycles. The maximum atomic E-state index is 11.8. The van der Waals surface area contributed by atoms with Crippen molar-refractivity contribution in [3.05, 3.63) is 58.9 Å². The molecule has 0 aliphatic rings. The van der Waals surface area contributed by atoms with Crippen LogP contribution in [0.1, 0.15) is 22.8 Å². The van der Waals surface area contributed by atoms with Crippen molar-refractivity contribution in [2.45, 2.75) is 13.5 Å². The Bertz CT molecular complexity index is 601. The molecule has 4 nitrogen and oxygen atoms in total. The van der Waals surface area contributed by atoms with E-state index in [0.29, 0.717) is 23.8 Å². The number of anilines is 1. The molecule has 1 heterocycles. The van der Waals surface area contributed by atoms with E-state index in [1.807, 2.05) is 31.2 Å². The minimum atomic E-state index is -0.0543. The third-order valence-corrected chi connectivity index (χ3v) is 2.96. The average Bonchev–Trinajstić information content (AvgIpc) is 2.46. The first-order valence-corrected chi connectivity index (χ1v) is 6.79. The van der Waals surface area contributed by atoms with Crippen LogP contribution in [0.2, 0.25) is 5.15 Å². The Kier molecular flexibility index (Phi) is 4.96. The molecule has 1 amide bonds. The largest absolute Gasteiger partial charge is 0.381 e. The van der Waals surface area contributed by atoms with E-state index in [2.05, 4.69) is 15.6 Å². The quantitative estimate of drug-likeness (QED) is 0.832. The Morgan fingerprint density at radius 2 is 2.15 bits per heavy atom. The Hall–Kier alpha value is -2.07. The molecular weight excluding hydrogens is 274 g/mol. The van der Waals surface area contributed by atoms with Crippen molar-refractivity contribution >= 4 is 23.2 Å². The lowest BCUT2D eigenvalue weighted by atomic mass is 10.1. The summed E-state index contributed by atoms with van der Waals surface area (Å²) in [6.45, 7) is 3.14. The van der Waals surface area contributed by atoms with Gasteiger partial charge in [0.1, 0.15) is 5.15 Å². The molecule has 2 rings (SSSR count). The number of halogens is 1. The molecule has 2 aromatic rings. The van der Waals surface area contributed by atoms with Crippen molar-refractivity contribution in [1.29, 1.82) is 0 Å². The zero-order chi connectivity index (χ0) is 14.4. The summed E-state index contributed by atoms with van der Waals surface area (Å²) < 4.78 is 0. The van der Waals surface area contributed by atoms with Gasteiger partial charge >= 0.3 is 0 Å². The van der Waals surface area contributed by atoms with Gasteiger partial charge in [-0.2, -0.15) is 0 Å². The van der Waals surface area contributed by atoms with Crippen LogP contribution >= 0.6 is 11.6 Å². The summed E-state index contributed by atoms with van der Waals surface area (Å²) in [5.41, 5.74) is 2.59. The highest BCUT2D eigenvalue weighted by Gasteiger charge is 2.04. The van der Waals surface area contributed by atoms with Gasteiger partial charge in [0.15, 0.2) is 0 Å². The van der Waals surface area contributed by atoms with Gasteiger partial charge in [0.05, 0.1) is 0 Å². The fourth-order valence-corrected chi connectivity index (χ4v) is 1.98. The molecule has 2 N–H and O–H groups in total. The van der Waals surface area contributed by atoms with Gasteiger partial charge in [-0.1, -0.05) is 23.7 Å². The number of amides is 1. The molecule has 0 aliphatic heterocycles. The summed E-state index contributed by atoms with van der Waals surface area (Å²) in [5.74, 6) is -0.0543. The Balaban J connectivity index is 2.03. The molecule has 0 saturated heterocycles. The number of pyridine rings is 1. The summed E-state index contributed by atoms with van der Waals surface area (Å²) in [6.07, 6.45) is 1.65. The Morgan fingerprint density at radius 1 is 1.30 bits per heavy atom. The molecule has 5 heteroatoms. The molecule has 0 saturated carbocycles. The summed E-state index contributed by atoms with van der Waals surface area (Å²) in [5, 5.41) is 6.48. The summed E-state index contributed by atoms with van der Waals surface area (Å²) >= 11 is 5.82. The third kappa shape index (κ3) is 3.96. The van der Waals surface area contributed by atoms with Crippen molar-refractivity contribution in [2.75, 3.05) is 11.9 Å². The molecule has 0 fully saturated rings. The van der Waals surface area contributed by atoms with Gasteiger partial charge in [-0.15, -0.1) is 0 Å². The van der Waals surface area contributed by atoms with Gasteiger partial charge < -0.3 is 10.6 Å². The fourth-order valence-electron chi connectivity index (χ4n) is 1.80. The highest BCUT2D eigenvalue weighted by Crippen LogP contribution is 2.14. The molecule has 0 spiro atoms. The maximum Gasteiger partial charge on any atom is 0.251 e. The van der Waals surface area contributed by atoms with Crippen LogP contribution in [0.3, 0.4) is 0 Å². The van der Waals surface area contributed by atoms with E-state index in [1.54, 1.807) is 18.3 Å². The highest BCUT2D eigenvalue weighted by atomic mass is 35.5. The summed E-state index contributed by atoms with van der Waals surface area (Å²) in [4.78, 5) is 15.7. The zero-order valence-electron chi connectivity index (χ0n) is 11.2. The van der Waals surface area contributed by atoms with E-state index in [-0.39, 0.29) is 5.91 Å². The second-order valence-corrected chi connectivity index (χ2v) is 4.67. The third-order valence-electron chi connectivity index (χ3n) is 2.75. The number of benzene rings is 1. The second kappa shape index (κ2) is 6.91. The molecule has 0 bridgehead atoms. The number of nitrogens with zero attached hydrogens (tertiary/aromatic N) is 1. The van der Waals surface area contributed by atoms with Crippen LogP contribution < -0.4 is 10.6 Å². The number of nitrogens with one attached hydrogen (secondary N) is 2. The topological polar surface area (TPSA) is 54.0 Å². The lowest BCUT2D eigenvalue weighted by molar-refractivity contribution is 0.0955. The Morgan fingerprint density at radius 3 is 2.90 bits per heavy atom. The maximum absolute atomic E-state index is 11.8. The molecular formula is C15H16ClN3O. The lowest BCUT2D eigenvalue weighted by Gasteiger charge is -2.08. The molecule has 0 radical (unpaired) electrons. The van der Waals surface area contributed by atoms with Gasteiger partial charge in [-0.25, -0.2) is 4.98 Å². The molecule has 0 aliphatic carbocycles. The van der Waals surface area contributed by atoms with Crippen LogP contribution in [-0.4, -0.2) is 17.4 Å². The average molecular weight is 290 g/mol. The number of aromatic nitrogens is 1. The van der Waals surface area contributed by atoms with E-state index in [0.717, 1.165) is 11.3 Å². The van der Waals surface area contributed by atoms with E-state index < -0.39 is 0 Å². The predicted molar refractivity (Wildman–Crippen MR) is 81.0 cm³/mol. The molecule has 104 valence electrons. The van der Waals surface area contributed by atoms with E-state index in [1.165, 1.54) is 0 Å². The summed E-state index contributed by atoms with van der Waals surface area (Å²) in [6, 6.07) is 11.1. The van der Waals surface area contributed by atoms with Gasteiger partial charge in [0.25, 0.3) is 5.91 Å². The van der Waals surface area contributed by atoms with Gasteiger partial charge in [-0.05, 0) is 36.8 Å². The van der Waals surface area contributed by atoms with Gasteiger partial charge in [0.2, 0.25) is 0 Å². The van der Waals surface area contributed by atoms with Crippen LogP contribution in [0.15, 0.2) is 42.6 Å².